The van der Waals surface area contributed by atoms with Crippen LogP contribution in [0, 0.1) is 11.7 Å². The molecule has 5 nitrogen and oxygen atoms in total. The maximum Gasteiger partial charge on any atom is 0.223 e. The van der Waals surface area contributed by atoms with Crippen molar-refractivity contribution in [3.05, 3.63) is 70.8 Å². The summed E-state index contributed by atoms with van der Waals surface area (Å²) < 4.78 is 16.8. The lowest BCUT2D eigenvalue weighted by Crippen LogP contribution is -2.41. The Hall–Kier alpha value is -3.41. The normalized spacial score (nSPS) is 14.7. The molecule has 0 spiro atoms. The largest absolute Gasteiger partial charge is 0.359 e. The zero-order valence-corrected chi connectivity index (χ0v) is 22.1. The first-order valence-electron chi connectivity index (χ1n) is 13.0. The van der Waals surface area contributed by atoms with Crippen LogP contribution in [0.1, 0.15) is 70.3 Å². The number of aromatic amines is 1. The number of nitrogens with zero attached hydrogens (tertiary/aromatic N) is 3. The van der Waals surface area contributed by atoms with Gasteiger partial charge in [0.1, 0.15) is 5.82 Å². The van der Waals surface area contributed by atoms with Gasteiger partial charge in [0, 0.05) is 29.1 Å². The second-order valence-corrected chi connectivity index (χ2v) is 10.7. The number of hydrogen-bond acceptors (Lipinski definition) is 2. The van der Waals surface area contributed by atoms with Gasteiger partial charge in [0.05, 0.1) is 34.7 Å². The van der Waals surface area contributed by atoms with Crippen LogP contribution in [-0.4, -0.2) is 25.6 Å². The Morgan fingerprint density at radius 3 is 2.44 bits per heavy atom. The minimum Gasteiger partial charge on any atom is -0.359 e. The van der Waals surface area contributed by atoms with E-state index in [4.69, 9.17) is 5.10 Å². The van der Waals surface area contributed by atoms with Crippen LogP contribution >= 0.6 is 0 Å². The highest BCUT2D eigenvalue weighted by Crippen LogP contribution is 2.46. The monoisotopic (exact) mass is 486 g/mol. The molecule has 36 heavy (non-hydrogen) atoms. The van der Waals surface area contributed by atoms with Crippen LogP contribution in [-0.2, 0) is 29.7 Å². The fraction of sp³-hybridized carbons (Fsp3) is 0.400. The molecule has 3 heterocycles. The van der Waals surface area contributed by atoms with E-state index < -0.39 is 5.54 Å². The van der Waals surface area contributed by atoms with Crippen LogP contribution in [0.3, 0.4) is 0 Å². The summed E-state index contributed by atoms with van der Waals surface area (Å²) in [5.41, 5.74) is 7.28. The number of aryl methyl sites for hydroxylation is 2. The number of carbonyl (C=O) groups excluding carboxylic acids is 1. The number of H-pyrrole nitrogens is 1. The Kier molecular flexibility index (Phi) is 6.01. The van der Waals surface area contributed by atoms with Gasteiger partial charge in [-0.05, 0) is 61.9 Å². The Balaban J connectivity index is 1.82. The van der Waals surface area contributed by atoms with Gasteiger partial charge in [-0.25, -0.2) is 9.07 Å². The number of para-hydroxylation sites is 1. The van der Waals surface area contributed by atoms with Crippen LogP contribution in [0.25, 0.3) is 27.8 Å². The van der Waals surface area contributed by atoms with Crippen molar-refractivity contribution in [2.24, 2.45) is 5.92 Å². The molecule has 188 valence electrons. The fourth-order valence-electron chi connectivity index (χ4n) is 5.69. The molecule has 0 saturated carbocycles. The standard InChI is InChI=1S/C30H35FN4O/c1-7-19-10-9-11-20(8-2)27(19)35-28(22-12-13-24(31)26-21(22)14-15-32-26)23-17-34(25(36)16-18(3)4)30(5,6)29(23)33-35/h9-15,18,32H,7-8,16-17H2,1-6H3. The summed E-state index contributed by atoms with van der Waals surface area (Å²) in [6, 6.07) is 11.7. The van der Waals surface area contributed by atoms with Crippen molar-refractivity contribution >= 4 is 16.8 Å². The summed E-state index contributed by atoms with van der Waals surface area (Å²) in [7, 11) is 0. The molecule has 0 saturated heterocycles. The molecule has 0 bridgehead atoms. The number of amides is 1. The number of halogens is 1. The lowest BCUT2D eigenvalue weighted by Gasteiger charge is -2.32. The van der Waals surface area contributed by atoms with Crippen molar-refractivity contribution in [2.75, 3.05) is 0 Å². The van der Waals surface area contributed by atoms with E-state index in [1.54, 1.807) is 6.20 Å². The van der Waals surface area contributed by atoms with Crippen LogP contribution in [0.15, 0.2) is 42.6 Å². The summed E-state index contributed by atoms with van der Waals surface area (Å²) in [6.07, 6.45) is 4.02. The van der Waals surface area contributed by atoms with E-state index in [1.165, 1.54) is 17.2 Å². The van der Waals surface area contributed by atoms with Gasteiger partial charge in [-0.2, -0.15) is 5.10 Å². The van der Waals surface area contributed by atoms with Crippen LogP contribution < -0.4 is 0 Å². The summed E-state index contributed by atoms with van der Waals surface area (Å²) in [6.45, 7) is 13.1. The van der Waals surface area contributed by atoms with E-state index >= 15 is 0 Å². The zero-order chi connectivity index (χ0) is 25.8. The topological polar surface area (TPSA) is 53.9 Å². The van der Waals surface area contributed by atoms with Crippen molar-refractivity contribution in [3.8, 4) is 16.9 Å². The highest BCUT2D eigenvalue weighted by Gasteiger charge is 2.45. The van der Waals surface area contributed by atoms with Crippen LogP contribution in [0.4, 0.5) is 4.39 Å². The van der Waals surface area contributed by atoms with Crippen molar-refractivity contribution in [2.45, 2.75) is 72.9 Å². The second kappa shape index (κ2) is 8.91. The van der Waals surface area contributed by atoms with E-state index in [0.717, 1.165) is 46.4 Å². The van der Waals surface area contributed by atoms with Gasteiger partial charge >= 0.3 is 0 Å². The maximum atomic E-state index is 14.7. The third-order valence-corrected chi connectivity index (χ3v) is 7.54. The molecule has 6 heteroatoms. The molecule has 2 aromatic heterocycles. The fourth-order valence-corrected chi connectivity index (χ4v) is 5.69. The molecular formula is C30H35FN4O. The number of nitrogens with one attached hydrogen (secondary N) is 1. The van der Waals surface area contributed by atoms with Crippen LogP contribution in [0.2, 0.25) is 0 Å². The Morgan fingerprint density at radius 1 is 1.11 bits per heavy atom. The van der Waals surface area contributed by atoms with Gasteiger partial charge in [-0.3, -0.25) is 4.79 Å². The van der Waals surface area contributed by atoms with Gasteiger partial charge in [0.2, 0.25) is 5.91 Å². The minimum atomic E-state index is -0.549. The smallest absolute Gasteiger partial charge is 0.223 e. The first-order valence-corrected chi connectivity index (χ1v) is 13.0. The summed E-state index contributed by atoms with van der Waals surface area (Å²) >= 11 is 0. The predicted octanol–water partition coefficient (Wildman–Crippen LogP) is 6.91. The summed E-state index contributed by atoms with van der Waals surface area (Å²) in [5.74, 6) is 0.138. The summed E-state index contributed by atoms with van der Waals surface area (Å²) in [4.78, 5) is 18.3. The molecule has 0 unspecified atom stereocenters. The predicted molar refractivity (Wildman–Crippen MR) is 143 cm³/mol. The van der Waals surface area contributed by atoms with Crippen molar-refractivity contribution in [1.29, 1.82) is 0 Å². The molecule has 1 amide bonds. The Labute approximate surface area is 212 Å². The molecule has 0 fully saturated rings. The van der Waals surface area contributed by atoms with Crippen molar-refractivity contribution < 1.29 is 9.18 Å². The molecule has 0 radical (unpaired) electrons. The van der Waals surface area contributed by atoms with E-state index in [9.17, 15) is 9.18 Å². The number of aromatic nitrogens is 3. The zero-order valence-electron chi connectivity index (χ0n) is 22.1. The highest BCUT2D eigenvalue weighted by molar-refractivity contribution is 5.96. The first kappa shape index (κ1) is 24.3. The molecule has 1 aliphatic heterocycles. The Bertz CT molecular complexity index is 1440. The van der Waals surface area contributed by atoms with Gasteiger partial charge < -0.3 is 9.88 Å². The summed E-state index contributed by atoms with van der Waals surface area (Å²) in [5, 5.41) is 6.07. The van der Waals surface area contributed by atoms with E-state index in [1.807, 2.05) is 17.0 Å². The van der Waals surface area contributed by atoms with Gasteiger partial charge in [-0.15, -0.1) is 0 Å². The highest BCUT2D eigenvalue weighted by atomic mass is 19.1. The number of fused-ring (bicyclic) bond motifs is 2. The third kappa shape index (κ3) is 3.66. The van der Waals surface area contributed by atoms with Gasteiger partial charge in [0.25, 0.3) is 0 Å². The minimum absolute atomic E-state index is 0.139. The number of benzene rings is 2. The molecule has 5 rings (SSSR count). The van der Waals surface area contributed by atoms with E-state index in [0.29, 0.717) is 18.5 Å². The molecule has 0 atom stereocenters. The molecule has 2 aromatic carbocycles. The van der Waals surface area contributed by atoms with Gasteiger partial charge in [-0.1, -0.05) is 45.9 Å². The van der Waals surface area contributed by atoms with E-state index in [-0.39, 0.29) is 17.6 Å². The maximum absolute atomic E-state index is 14.7. The number of rotatable bonds is 6. The lowest BCUT2D eigenvalue weighted by atomic mass is 9.97. The number of hydrogen-bond donors (Lipinski definition) is 1. The molecule has 4 aromatic rings. The quantitative estimate of drug-likeness (QED) is 0.322. The lowest BCUT2D eigenvalue weighted by molar-refractivity contribution is -0.137. The molecule has 0 aliphatic carbocycles. The average molecular weight is 487 g/mol. The Morgan fingerprint density at radius 2 is 1.81 bits per heavy atom. The first-order chi connectivity index (χ1) is 17.2. The van der Waals surface area contributed by atoms with Crippen LogP contribution in [0.5, 0.6) is 0 Å². The average Bonchev–Trinajstić information content (AvgIpc) is 3.53. The van der Waals surface area contributed by atoms with Crippen molar-refractivity contribution in [3.63, 3.8) is 0 Å². The number of carbonyl (C=O) groups is 1. The SMILES string of the molecule is CCc1cccc(CC)c1-n1nc2c(c1-c1ccc(F)c3[nH]ccc13)CN(C(=O)CC(C)C)C2(C)C. The third-order valence-electron chi connectivity index (χ3n) is 7.54. The second-order valence-electron chi connectivity index (χ2n) is 10.7. The molecule has 1 aliphatic rings. The van der Waals surface area contributed by atoms with E-state index in [2.05, 4.69) is 69.4 Å². The van der Waals surface area contributed by atoms with Crippen molar-refractivity contribution in [1.82, 2.24) is 19.7 Å². The molecular weight excluding hydrogens is 451 g/mol. The van der Waals surface area contributed by atoms with Gasteiger partial charge in [0.15, 0.2) is 0 Å². The molecule has 1 N–H and O–H groups in total.